The van der Waals surface area contributed by atoms with Crippen molar-refractivity contribution < 1.29 is 9.53 Å². The Bertz CT molecular complexity index is 135. The van der Waals surface area contributed by atoms with Gasteiger partial charge in [-0.25, -0.2) is 0 Å². The van der Waals surface area contributed by atoms with Crippen molar-refractivity contribution in [2.45, 2.75) is 46.1 Å². The van der Waals surface area contributed by atoms with Gasteiger partial charge in [0.15, 0.2) is 0 Å². The molecule has 0 fully saturated rings. The minimum Gasteiger partial charge on any atom is -0.466 e. The maximum absolute atomic E-state index is 10.9. The van der Waals surface area contributed by atoms with Gasteiger partial charge in [-0.05, 0) is 19.4 Å². The van der Waals surface area contributed by atoms with E-state index in [2.05, 4.69) is 19.2 Å². The molecule has 0 rings (SSSR count). The van der Waals surface area contributed by atoms with Crippen LogP contribution < -0.4 is 5.32 Å². The number of carbonyl (C=O) groups is 1. The maximum Gasteiger partial charge on any atom is 0.305 e. The van der Waals surface area contributed by atoms with Gasteiger partial charge in [-0.15, -0.1) is 0 Å². The molecule has 0 aliphatic rings. The zero-order chi connectivity index (χ0) is 10.1. The van der Waals surface area contributed by atoms with Gasteiger partial charge in [0.05, 0.1) is 6.61 Å². The van der Waals surface area contributed by atoms with Gasteiger partial charge in [0.2, 0.25) is 0 Å². The van der Waals surface area contributed by atoms with Crippen LogP contribution in [0.25, 0.3) is 0 Å². The normalized spacial score (nSPS) is 10.5. The molecule has 0 aromatic carbocycles. The van der Waals surface area contributed by atoms with Crippen LogP contribution in [0.15, 0.2) is 0 Å². The summed E-state index contributed by atoms with van der Waals surface area (Å²) in [5, 5.41) is 3.26. The summed E-state index contributed by atoms with van der Waals surface area (Å²) in [5.74, 6) is -0.0768. The van der Waals surface area contributed by atoms with Crippen molar-refractivity contribution in [1.29, 1.82) is 0 Å². The Labute approximate surface area is 80.8 Å². The molecule has 3 nitrogen and oxygen atoms in total. The summed E-state index contributed by atoms with van der Waals surface area (Å²) in [4.78, 5) is 10.9. The Kier molecular flexibility index (Phi) is 7.69. The smallest absolute Gasteiger partial charge is 0.305 e. The highest BCUT2D eigenvalue weighted by atomic mass is 16.5. The van der Waals surface area contributed by atoms with Gasteiger partial charge in [0.1, 0.15) is 0 Å². The number of ether oxygens (including phenoxy) is 1. The lowest BCUT2D eigenvalue weighted by Gasteiger charge is -2.07. The molecule has 78 valence electrons. The first-order valence-corrected chi connectivity index (χ1v) is 5.05. The van der Waals surface area contributed by atoms with Crippen LogP contribution in [0.4, 0.5) is 0 Å². The first kappa shape index (κ1) is 12.4. The first-order chi connectivity index (χ1) is 6.16. The van der Waals surface area contributed by atoms with E-state index < -0.39 is 0 Å². The van der Waals surface area contributed by atoms with E-state index in [1.165, 1.54) is 0 Å². The van der Waals surface area contributed by atoms with E-state index in [0.717, 1.165) is 19.4 Å². The molecule has 0 amide bonds. The van der Waals surface area contributed by atoms with E-state index in [0.29, 0.717) is 19.1 Å². The van der Waals surface area contributed by atoms with Crippen molar-refractivity contribution in [3.8, 4) is 0 Å². The second-order valence-electron chi connectivity index (χ2n) is 3.43. The van der Waals surface area contributed by atoms with Crippen LogP contribution >= 0.6 is 0 Å². The van der Waals surface area contributed by atoms with E-state index in [9.17, 15) is 4.79 Å². The quantitative estimate of drug-likeness (QED) is 0.487. The molecule has 0 aliphatic carbocycles. The molecule has 0 aromatic heterocycles. The highest BCUT2D eigenvalue weighted by molar-refractivity contribution is 5.69. The lowest BCUT2D eigenvalue weighted by Crippen LogP contribution is -2.24. The van der Waals surface area contributed by atoms with E-state index in [4.69, 9.17) is 4.74 Å². The third kappa shape index (κ3) is 9.34. The van der Waals surface area contributed by atoms with Crippen molar-refractivity contribution in [2.75, 3.05) is 13.2 Å². The summed E-state index contributed by atoms with van der Waals surface area (Å²) >= 11 is 0. The molecule has 0 aromatic rings. The average molecular weight is 187 g/mol. The Morgan fingerprint density at radius 3 is 2.69 bits per heavy atom. The summed E-state index contributed by atoms with van der Waals surface area (Å²) in [6, 6.07) is 0.506. The summed E-state index contributed by atoms with van der Waals surface area (Å²) in [6.45, 7) is 7.63. The van der Waals surface area contributed by atoms with Gasteiger partial charge in [0, 0.05) is 12.5 Å². The zero-order valence-electron chi connectivity index (χ0n) is 8.93. The van der Waals surface area contributed by atoms with Crippen LogP contribution in [0, 0.1) is 0 Å². The van der Waals surface area contributed by atoms with Gasteiger partial charge >= 0.3 is 5.97 Å². The molecule has 0 heterocycles. The van der Waals surface area contributed by atoms with E-state index in [1.807, 2.05) is 6.92 Å². The Balaban J connectivity index is 3.11. The molecule has 0 unspecified atom stereocenters. The fourth-order valence-electron chi connectivity index (χ4n) is 0.925. The molecule has 0 saturated heterocycles. The third-order valence-corrected chi connectivity index (χ3v) is 1.59. The average Bonchev–Trinajstić information content (AvgIpc) is 2.03. The van der Waals surface area contributed by atoms with E-state index in [1.54, 1.807) is 0 Å². The largest absolute Gasteiger partial charge is 0.466 e. The highest BCUT2D eigenvalue weighted by Crippen LogP contribution is 1.92. The standard InChI is InChI=1S/C10H21NO2/c1-4-6-10(12)13-8-5-7-11-9(2)3/h9,11H,4-8H2,1-3H3. The summed E-state index contributed by atoms with van der Waals surface area (Å²) in [7, 11) is 0. The van der Waals surface area contributed by atoms with Gasteiger partial charge < -0.3 is 10.1 Å². The summed E-state index contributed by atoms with van der Waals surface area (Å²) in [5.41, 5.74) is 0. The minimum atomic E-state index is -0.0768. The maximum atomic E-state index is 10.9. The third-order valence-electron chi connectivity index (χ3n) is 1.59. The zero-order valence-corrected chi connectivity index (χ0v) is 8.93. The fraction of sp³-hybridized carbons (Fsp3) is 0.900. The summed E-state index contributed by atoms with van der Waals surface area (Å²) < 4.78 is 4.99. The van der Waals surface area contributed by atoms with Crippen molar-refractivity contribution in [3.63, 3.8) is 0 Å². The SMILES string of the molecule is CCCC(=O)OCCCNC(C)C. The van der Waals surface area contributed by atoms with Crippen LogP contribution in [-0.2, 0) is 9.53 Å². The van der Waals surface area contributed by atoms with Gasteiger partial charge in [-0.2, -0.15) is 0 Å². The molecule has 0 bridgehead atoms. The second-order valence-corrected chi connectivity index (χ2v) is 3.43. The number of carbonyl (C=O) groups excluding carboxylic acids is 1. The molecule has 0 spiro atoms. The minimum absolute atomic E-state index is 0.0768. The van der Waals surface area contributed by atoms with Gasteiger partial charge in [-0.3, -0.25) is 4.79 Å². The monoisotopic (exact) mass is 187 g/mol. The first-order valence-electron chi connectivity index (χ1n) is 5.05. The predicted molar refractivity (Wildman–Crippen MR) is 53.6 cm³/mol. The van der Waals surface area contributed by atoms with E-state index in [-0.39, 0.29) is 5.97 Å². The van der Waals surface area contributed by atoms with E-state index >= 15 is 0 Å². The van der Waals surface area contributed by atoms with Crippen LogP contribution in [0.1, 0.15) is 40.0 Å². The number of hydrogen-bond acceptors (Lipinski definition) is 3. The number of nitrogens with one attached hydrogen (secondary N) is 1. The molecule has 3 heteroatoms. The van der Waals surface area contributed by atoms with Crippen molar-refractivity contribution in [3.05, 3.63) is 0 Å². The molecular formula is C10H21NO2. The Morgan fingerprint density at radius 2 is 2.15 bits per heavy atom. The molecule has 13 heavy (non-hydrogen) atoms. The van der Waals surface area contributed by atoms with Crippen LogP contribution in [0.3, 0.4) is 0 Å². The lowest BCUT2D eigenvalue weighted by molar-refractivity contribution is -0.143. The highest BCUT2D eigenvalue weighted by Gasteiger charge is 1.99. The molecule has 0 radical (unpaired) electrons. The Hall–Kier alpha value is -0.570. The Morgan fingerprint density at radius 1 is 1.46 bits per heavy atom. The van der Waals surface area contributed by atoms with Crippen LogP contribution in [0.5, 0.6) is 0 Å². The molecule has 0 saturated carbocycles. The number of hydrogen-bond donors (Lipinski definition) is 1. The molecular weight excluding hydrogens is 166 g/mol. The molecule has 1 N–H and O–H groups in total. The van der Waals surface area contributed by atoms with Crippen LogP contribution in [0.2, 0.25) is 0 Å². The van der Waals surface area contributed by atoms with Crippen molar-refractivity contribution >= 4 is 5.97 Å². The van der Waals surface area contributed by atoms with Crippen molar-refractivity contribution in [2.24, 2.45) is 0 Å². The van der Waals surface area contributed by atoms with Gasteiger partial charge in [0.25, 0.3) is 0 Å². The molecule has 0 aliphatic heterocycles. The molecule has 0 atom stereocenters. The summed E-state index contributed by atoms with van der Waals surface area (Å²) in [6.07, 6.45) is 2.30. The van der Waals surface area contributed by atoms with Crippen LogP contribution in [-0.4, -0.2) is 25.2 Å². The topological polar surface area (TPSA) is 38.3 Å². The number of esters is 1. The van der Waals surface area contributed by atoms with Crippen molar-refractivity contribution in [1.82, 2.24) is 5.32 Å². The predicted octanol–water partition coefficient (Wildman–Crippen LogP) is 1.72. The fourth-order valence-corrected chi connectivity index (χ4v) is 0.925. The lowest BCUT2D eigenvalue weighted by atomic mass is 10.3. The number of rotatable bonds is 7. The van der Waals surface area contributed by atoms with Gasteiger partial charge in [-0.1, -0.05) is 20.8 Å². The second kappa shape index (κ2) is 8.05.